The van der Waals surface area contributed by atoms with E-state index >= 15 is 0 Å². The zero-order valence-corrected chi connectivity index (χ0v) is 41.6. The van der Waals surface area contributed by atoms with Gasteiger partial charge in [-0.3, -0.25) is 9.59 Å². The van der Waals surface area contributed by atoms with Gasteiger partial charge in [0.05, 0.1) is 0 Å². The molecular weight excluding hydrogens is 921 g/mol. The third-order valence-electron chi connectivity index (χ3n) is 14.6. The molecule has 6 aromatic rings. The average molecular weight is 991 g/mol. The molecule has 0 spiro atoms. The molecular formula is C60H70F4N2O6. The van der Waals surface area contributed by atoms with Gasteiger partial charge in [-0.1, -0.05) is 149 Å². The van der Waals surface area contributed by atoms with Crippen LogP contribution in [0, 0.1) is 11.8 Å². The van der Waals surface area contributed by atoms with Gasteiger partial charge in [0.15, 0.2) is 0 Å². The molecule has 0 heterocycles. The molecule has 0 bridgehead atoms. The van der Waals surface area contributed by atoms with E-state index in [4.69, 9.17) is 0 Å². The first-order chi connectivity index (χ1) is 34.4. The number of aliphatic hydroxyl groups is 4. The van der Waals surface area contributed by atoms with Gasteiger partial charge >= 0.3 is 11.8 Å². The summed E-state index contributed by atoms with van der Waals surface area (Å²) in [6, 6.07) is 44.0. The number of benzene rings is 6. The third-order valence-corrected chi connectivity index (χ3v) is 14.6. The SMILES string of the molecule is CCCCCc1ccc(N(CCc2ccc3ccccc3c2)C(=O)[C@@H]2CCC(O)(O)C(F)(F)C2)cc1.CCCCCc1ccc(N(CCc2ccc3ccccc3c2)C(=O)[C@@H]2CCC(O)(O)C(F)(F)C2)cc1. The first-order valence-corrected chi connectivity index (χ1v) is 25.8. The van der Waals surface area contributed by atoms with Gasteiger partial charge in [0.2, 0.25) is 23.4 Å². The molecule has 384 valence electrons. The normalized spacial score (nSPS) is 18.8. The highest BCUT2D eigenvalue weighted by Crippen LogP contribution is 2.45. The number of carbonyl (C=O) groups excluding carboxylic acids is 2. The topological polar surface area (TPSA) is 122 Å². The van der Waals surface area contributed by atoms with Crippen LogP contribution >= 0.6 is 0 Å². The van der Waals surface area contributed by atoms with Gasteiger partial charge < -0.3 is 30.2 Å². The predicted octanol–water partition coefficient (Wildman–Crippen LogP) is 12.5. The minimum absolute atomic E-state index is 0.00298. The number of anilines is 2. The molecule has 6 aromatic carbocycles. The molecule has 2 amide bonds. The number of rotatable bonds is 18. The van der Waals surface area contributed by atoms with E-state index < -0.39 is 72.8 Å². The maximum atomic E-state index is 14.4. The largest absolute Gasteiger partial charge is 0.361 e. The third kappa shape index (κ3) is 13.5. The predicted molar refractivity (Wildman–Crippen MR) is 278 cm³/mol. The Hall–Kier alpha value is -5.66. The lowest BCUT2D eigenvalue weighted by Crippen LogP contribution is -2.54. The average Bonchev–Trinajstić information content (AvgIpc) is 3.36. The van der Waals surface area contributed by atoms with Crippen molar-refractivity contribution in [1.29, 1.82) is 0 Å². The summed E-state index contributed by atoms with van der Waals surface area (Å²) in [7, 11) is 0. The number of carbonyl (C=O) groups is 2. The maximum Gasteiger partial charge on any atom is 0.301 e. The Kier molecular flexibility index (Phi) is 18.0. The van der Waals surface area contributed by atoms with E-state index in [1.54, 1.807) is 9.80 Å². The molecule has 0 aromatic heterocycles. The number of fused-ring (bicyclic) bond motifs is 2. The van der Waals surface area contributed by atoms with Crippen molar-refractivity contribution in [3.63, 3.8) is 0 Å². The Morgan fingerprint density at radius 2 is 0.819 bits per heavy atom. The molecule has 2 aliphatic rings. The monoisotopic (exact) mass is 991 g/mol. The lowest BCUT2D eigenvalue weighted by atomic mass is 9.81. The zero-order valence-electron chi connectivity index (χ0n) is 41.6. The minimum Gasteiger partial charge on any atom is -0.361 e. The standard InChI is InChI=1S/2C30H35F2NO3/c2*1-2-3-4-7-22-11-14-27(15-12-22)33(28(34)26-16-18-30(35,36)29(31,32)21-26)19-17-23-10-13-24-8-5-6-9-25(24)20-23/h2*5-6,8-15,20,26,35-36H,2-4,7,16-19,21H2,1H3/t2*26-/m11/s1. The van der Waals surface area contributed by atoms with Gasteiger partial charge in [0.25, 0.3) is 0 Å². The number of nitrogens with zero attached hydrogens (tertiary/aromatic N) is 2. The van der Waals surface area contributed by atoms with E-state index in [1.165, 1.54) is 11.1 Å². The molecule has 0 unspecified atom stereocenters. The summed E-state index contributed by atoms with van der Waals surface area (Å²) in [6.07, 6.45) is 7.05. The summed E-state index contributed by atoms with van der Waals surface area (Å²) in [5.41, 5.74) is 5.83. The summed E-state index contributed by atoms with van der Waals surface area (Å²) in [5.74, 6) is -16.4. The lowest BCUT2D eigenvalue weighted by Gasteiger charge is -2.39. The van der Waals surface area contributed by atoms with Crippen molar-refractivity contribution in [3.8, 4) is 0 Å². The molecule has 8 nitrogen and oxygen atoms in total. The number of hydrogen-bond donors (Lipinski definition) is 4. The number of halogens is 4. The molecule has 4 N–H and O–H groups in total. The summed E-state index contributed by atoms with van der Waals surface area (Å²) < 4.78 is 57.5. The van der Waals surface area contributed by atoms with Crippen molar-refractivity contribution < 1.29 is 47.6 Å². The molecule has 0 aliphatic heterocycles. The Morgan fingerprint density at radius 3 is 1.17 bits per heavy atom. The quantitative estimate of drug-likeness (QED) is 0.0387. The Balaban J connectivity index is 0.000000211. The molecule has 0 radical (unpaired) electrons. The summed E-state index contributed by atoms with van der Waals surface area (Å²) in [4.78, 5) is 30.3. The van der Waals surface area contributed by atoms with Gasteiger partial charge in [0, 0.05) is 62.0 Å². The molecule has 2 aliphatic carbocycles. The molecule has 0 saturated heterocycles. The van der Waals surface area contributed by atoms with E-state index in [1.807, 2.05) is 121 Å². The number of hydrogen-bond acceptors (Lipinski definition) is 6. The lowest BCUT2D eigenvalue weighted by molar-refractivity contribution is -0.315. The summed E-state index contributed by atoms with van der Waals surface area (Å²) in [6.45, 7) is 5.01. The van der Waals surface area contributed by atoms with Crippen LogP contribution in [0.15, 0.2) is 133 Å². The highest BCUT2D eigenvalue weighted by Gasteiger charge is 2.58. The van der Waals surface area contributed by atoms with Gasteiger partial charge in [-0.15, -0.1) is 0 Å². The summed E-state index contributed by atoms with van der Waals surface area (Å²) in [5, 5.41) is 43.3. The first kappa shape index (κ1) is 54.1. The molecule has 12 heteroatoms. The van der Waals surface area contributed by atoms with Crippen LogP contribution in [0.25, 0.3) is 21.5 Å². The fraction of sp³-hybridized carbons (Fsp3) is 0.433. The molecule has 2 saturated carbocycles. The molecule has 2 fully saturated rings. The first-order valence-electron chi connectivity index (χ1n) is 25.8. The number of aryl methyl sites for hydroxylation is 2. The van der Waals surface area contributed by atoms with Gasteiger partial charge in [0.1, 0.15) is 0 Å². The summed E-state index contributed by atoms with van der Waals surface area (Å²) >= 11 is 0. The highest BCUT2D eigenvalue weighted by atomic mass is 19.3. The van der Waals surface area contributed by atoms with E-state index in [9.17, 15) is 47.6 Å². The van der Waals surface area contributed by atoms with Crippen LogP contribution < -0.4 is 9.80 Å². The van der Waals surface area contributed by atoms with Gasteiger partial charge in [-0.2, -0.15) is 0 Å². The van der Waals surface area contributed by atoms with E-state index in [0.29, 0.717) is 37.3 Å². The molecule has 72 heavy (non-hydrogen) atoms. The Bertz CT molecular complexity index is 2540. The fourth-order valence-corrected chi connectivity index (χ4v) is 9.98. The van der Waals surface area contributed by atoms with E-state index in [-0.39, 0.29) is 12.8 Å². The smallest absolute Gasteiger partial charge is 0.301 e. The Morgan fingerprint density at radius 1 is 0.472 bits per heavy atom. The van der Waals surface area contributed by atoms with Crippen LogP contribution in [0.5, 0.6) is 0 Å². The van der Waals surface area contributed by atoms with Crippen LogP contribution in [0.2, 0.25) is 0 Å². The number of amides is 2. The minimum atomic E-state index is -3.74. The second kappa shape index (κ2) is 23.9. The second-order valence-corrected chi connectivity index (χ2v) is 20.0. The van der Waals surface area contributed by atoms with Crippen LogP contribution in [0.4, 0.5) is 28.9 Å². The van der Waals surface area contributed by atoms with Crippen molar-refractivity contribution in [2.24, 2.45) is 11.8 Å². The highest BCUT2D eigenvalue weighted by molar-refractivity contribution is 5.96. The van der Waals surface area contributed by atoms with E-state index in [2.05, 4.69) is 26.0 Å². The zero-order chi connectivity index (χ0) is 51.5. The van der Waals surface area contributed by atoms with Crippen LogP contribution in [0.1, 0.15) is 113 Å². The van der Waals surface area contributed by atoms with Crippen molar-refractivity contribution in [2.75, 3.05) is 22.9 Å². The molecule has 8 rings (SSSR count). The van der Waals surface area contributed by atoms with Crippen LogP contribution in [-0.2, 0) is 35.3 Å². The fourth-order valence-electron chi connectivity index (χ4n) is 9.98. The van der Waals surface area contributed by atoms with Crippen molar-refractivity contribution in [1.82, 2.24) is 0 Å². The van der Waals surface area contributed by atoms with Gasteiger partial charge in [-0.25, -0.2) is 17.6 Å². The van der Waals surface area contributed by atoms with Crippen molar-refractivity contribution in [3.05, 3.63) is 156 Å². The Labute approximate surface area is 421 Å². The van der Waals surface area contributed by atoms with Crippen molar-refractivity contribution in [2.45, 2.75) is 140 Å². The number of unbranched alkanes of at least 4 members (excludes halogenated alkanes) is 4. The maximum absolute atomic E-state index is 14.4. The van der Waals surface area contributed by atoms with Gasteiger partial charge in [-0.05, 0) is 119 Å². The van der Waals surface area contributed by atoms with Crippen LogP contribution in [-0.4, -0.2) is 68.7 Å². The van der Waals surface area contributed by atoms with Crippen LogP contribution in [0.3, 0.4) is 0 Å². The van der Waals surface area contributed by atoms with E-state index in [0.717, 1.165) is 84.0 Å². The van der Waals surface area contributed by atoms with Crippen molar-refractivity contribution >= 4 is 44.7 Å². The molecule has 2 atom stereocenters. The second-order valence-electron chi connectivity index (χ2n) is 20.0. The number of alkyl halides is 4.